The lowest BCUT2D eigenvalue weighted by Crippen LogP contribution is -2.42. The van der Waals surface area contributed by atoms with Crippen LogP contribution in [-0.2, 0) is 13.9 Å². The van der Waals surface area contributed by atoms with Crippen molar-refractivity contribution in [1.29, 1.82) is 0 Å². The molecule has 2 unspecified atom stereocenters. The summed E-state index contributed by atoms with van der Waals surface area (Å²) in [5.74, 6) is 1.90. The third-order valence-corrected chi connectivity index (χ3v) is 12.3. The fourth-order valence-electron chi connectivity index (χ4n) is 5.22. The van der Waals surface area contributed by atoms with Gasteiger partial charge in [0, 0.05) is 37.7 Å². The van der Waals surface area contributed by atoms with Gasteiger partial charge in [-0.3, -0.25) is 9.36 Å². The standard InChI is InChI=1S/C37H63Cl2N2O3PS/c1-31(2)13-9-16-34(5)19-10-17-32(3)14-7-8-15-33(4)18-11-20-35(6)22-23-36(42)21-12-30-46-37-24-29-44-45(43,40-27-25-38)41(37)28-26-39/h13-15,19-20,37H,7-12,16-18,21-30H2,1-6H3,(H,40,43)/b32-14+,33-15+,34-19+,35-20+. The lowest BCUT2D eigenvalue weighted by Gasteiger charge is -2.40. The number of Topliss-reactive ketones (excluding diaryl/α,β-unsaturated/α-hetero) is 1. The molecule has 1 N–H and O–H groups in total. The van der Waals surface area contributed by atoms with Crippen molar-refractivity contribution in [1.82, 2.24) is 9.76 Å². The average molecular weight is 718 g/mol. The number of nitrogens with zero attached hydrogens (tertiary/aromatic N) is 1. The highest BCUT2D eigenvalue weighted by Crippen LogP contribution is 2.53. The van der Waals surface area contributed by atoms with Gasteiger partial charge in [0.15, 0.2) is 0 Å². The molecule has 5 nitrogen and oxygen atoms in total. The topological polar surface area (TPSA) is 58.6 Å². The number of carbonyl (C=O) groups is 1. The van der Waals surface area contributed by atoms with Crippen LogP contribution in [0, 0.1) is 0 Å². The van der Waals surface area contributed by atoms with Gasteiger partial charge in [0.05, 0.1) is 12.0 Å². The van der Waals surface area contributed by atoms with Crippen molar-refractivity contribution in [2.75, 3.05) is 37.2 Å². The third kappa shape index (κ3) is 20.7. The lowest BCUT2D eigenvalue weighted by atomic mass is 10.0. The first-order valence-electron chi connectivity index (χ1n) is 17.3. The Morgan fingerprint density at radius 3 is 1.87 bits per heavy atom. The minimum atomic E-state index is -3.13. The number of rotatable bonds is 25. The predicted octanol–water partition coefficient (Wildman–Crippen LogP) is 11.9. The van der Waals surface area contributed by atoms with Crippen molar-refractivity contribution in [2.24, 2.45) is 0 Å². The second kappa shape index (κ2) is 26.3. The highest BCUT2D eigenvalue weighted by atomic mass is 35.5. The van der Waals surface area contributed by atoms with E-state index in [4.69, 9.17) is 27.7 Å². The maximum atomic E-state index is 13.3. The Kier molecular flexibility index (Phi) is 24.8. The fraction of sp³-hybridized carbons (Fsp3) is 0.703. The van der Waals surface area contributed by atoms with Crippen molar-refractivity contribution >= 4 is 48.4 Å². The van der Waals surface area contributed by atoms with Gasteiger partial charge in [-0.25, -0.2) is 9.76 Å². The Morgan fingerprint density at radius 1 is 0.783 bits per heavy atom. The number of unbranched alkanes of at least 4 members (excludes halogenated alkanes) is 1. The maximum Gasteiger partial charge on any atom is 0.344 e. The predicted molar refractivity (Wildman–Crippen MR) is 205 cm³/mol. The SMILES string of the molecule is CC(C)=CCC/C(C)=C/CC/C(C)=C/CC/C=C(\C)CC/C=C(\C)CCC(=O)CCCSC1CCOP(=O)(NCCCl)N1CCCl. The van der Waals surface area contributed by atoms with Crippen LogP contribution in [0.3, 0.4) is 0 Å². The summed E-state index contributed by atoms with van der Waals surface area (Å²) < 4.78 is 20.8. The summed E-state index contributed by atoms with van der Waals surface area (Å²) in [6.45, 7) is 14.6. The molecule has 1 saturated heterocycles. The van der Waals surface area contributed by atoms with E-state index >= 15 is 0 Å². The van der Waals surface area contributed by atoms with Gasteiger partial charge in [-0.05, 0) is 118 Å². The number of halogens is 2. The molecule has 0 aromatic heterocycles. The molecule has 1 rings (SSSR count). The van der Waals surface area contributed by atoms with E-state index in [1.54, 1.807) is 11.8 Å². The fourth-order valence-corrected chi connectivity index (χ4v) is 9.43. The van der Waals surface area contributed by atoms with E-state index in [0.29, 0.717) is 50.1 Å². The molecule has 1 heterocycles. The number of hydrogen-bond donors (Lipinski definition) is 1. The number of nitrogens with one attached hydrogen (secondary N) is 1. The monoisotopic (exact) mass is 716 g/mol. The zero-order chi connectivity index (χ0) is 34.2. The smallest absolute Gasteiger partial charge is 0.306 e. The summed E-state index contributed by atoms with van der Waals surface area (Å²) in [4.78, 5) is 12.5. The van der Waals surface area contributed by atoms with E-state index in [1.807, 2.05) is 4.67 Å². The van der Waals surface area contributed by atoms with Crippen LogP contribution < -0.4 is 5.09 Å². The molecule has 9 heteroatoms. The van der Waals surface area contributed by atoms with Gasteiger partial charge in [0.2, 0.25) is 0 Å². The molecule has 0 bridgehead atoms. The second-order valence-corrected chi connectivity index (χ2v) is 16.9. The first-order valence-corrected chi connectivity index (χ1v) is 21.0. The number of alkyl halides is 2. The van der Waals surface area contributed by atoms with E-state index in [0.717, 1.165) is 70.0 Å². The number of thioether (sulfide) groups is 1. The van der Waals surface area contributed by atoms with Gasteiger partial charge in [-0.1, -0.05) is 58.2 Å². The molecule has 0 saturated carbocycles. The van der Waals surface area contributed by atoms with Gasteiger partial charge in [-0.2, -0.15) is 0 Å². The minimum absolute atomic E-state index is 0.0594. The van der Waals surface area contributed by atoms with E-state index < -0.39 is 7.67 Å². The molecule has 2 atom stereocenters. The summed E-state index contributed by atoms with van der Waals surface area (Å²) in [6, 6.07) is 0. The van der Waals surface area contributed by atoms with Gasteiger partial charge < -0.3 is 4.52 Å². The Labute approximate surface area is 296 Å². The average Bonchev–Trinajstić information content (AvgIpc) is 3.01. The summed E-state index contributed by atoms with van der Waals surface area (Å²) in [6.07, 6.45) is 24.3. The van der Waals surface area contributed by atoms with Crippen LogP contribution in [0.5, 0.6) is 0 Å². The van der Waals surface area contributed by atoms with E-state index in [-0.39, 0.29) is 5.37 Å². The Hall–Kier alpha value is -0.590. The number of allylic oxidation sites excluding steroid dienone is 10. The van der Waals surface area contributed by atoms with E-state index in [1.165, 1.54) is 34.3 Å². The van der Waals surface area contributed by atoms with Gasteiger partial charge in [-0.15, -0.1) is 35.0 Å². The number of carbonyl (C=O) groups excluding carboxylic acids is 1. The summed E-state index contributed by atoms with van der Waals surface area (Å²) in [7, 11) is -3.13. The van der Waals surface area contributed by atoms with Gasteiger partial charge >= 0.3 is 7.67 Å². The van der Waals surface area contributed by atoms with Crippen LogP contribution in [0.1, 0.15) is 125 Å². The highest BCUT2D eigenvalue weighted by molar-refractivity contribution is 8.00. The van der Waals surface area contributed by atoms with E-state index in [9.17, 15) is 9.36 Å². The van der Waals surface area contributed by atoms with Crippen molar-refractivity contribution in [3.05, 3.63) is 58.2 Å². The van der Waals surface area contributed by atoms with Crippen molar-refractivity contribution in [2.45, 2.75) is 130 Å². The largest absolute Gasteiger partial charge is 0.344 e. The number of hydrogen-bond acceptors (Lipinski definition) is 4. The zero-order valence-electron chi connectivity index (χ0n) is 29.7. The van der Waals surface area contributed by atoms with Crippen LogP contribution in [0.2, 0.25) is 0 Å². The van der Waals surface area contributed by atoms with Crippen LogP contribution in [0.15, 0.2) is 58.2 Å². The number of ketones is 1. The lowest BCUT2D eigenvalue weighted by molar-refractivity contribution is -0.119. The molecule has 0 aromatic rings. The first-order chi connectivity index (χ1) is 22.0. The van der Waals surface area contributed by atoms with E-state index in [2.05, 4.69) is 77.0 Å². The molecule has 0 spiro atoms. The Balaban J connectivity index is 2.26. The molecule has 0 aliphatic carbocycles. The van der Waals surface area contributed by atoms with Gasteiger partial charge in [0.25, 0.3) is 0 Å². The molecule has 264 valence electrons. The summed E-state index contributed by atoms with van der Waals surface area (Å²) in [5.41, 5.74) is 7.13. The maximum absolute atomic E-state index is 13.3. The van der Waals surface area contributed by atoms with Crippen LogP contribution in [0.4, 0.5) is 0 Å². The normalized spacial score (nSPS) is 20.3. The Morgan fingerprint density at radius 2 is 1.33 bits per heavy atom. The first kappa shape index (κ1) is 43.4. The summed E-state index contributed by atoms with van der Waals surface area (Å²) in [5, 5.41) is 3.05. The molecular formula is C37H63Cl2N2O3PS. The van der Waals surface area contributed by atoms with Crippen molar-refractivity contribution < 1.29 is 13.9 Å². The molecule has 1 aliphatic rings. The van der Waals surface area contributed by atoms with Crippen molar-refractivity contribution in [3.8, 4) is 0 Å². The van der Waals surface area contributed by atoms with Crippen LogP contribution in [-0.4, -0.2) is 53.0 Å². The molecular weight excluding hydrogens is 654 g/mol. The zero-order valence-corrected chi connectivity index (χ0v) is 32.9. The minimum Gasteiger partial charge on any atom is -0.306 e. The molecule has 46 heavy (non-hydrogen) atoms. The molecule has 1 fully saturated rings. The van der Waals surface area contributed by atoms with Crippen LogP contribution >= 0.6 is 42.6 Å². The quantitative estimate of drug-likeness (QED) is 0.0439. The third-order valence-electron chi connectivity index (χ3n) is 8.04. The van der Waals surface area contributed by atoms with Gasteiger partial charge in [0.1, 0.15) is 5.78 Å². The molecule has 0 radical (unpaired) electrons. The van der Waals surface area contributed by atoms with Crippen molar-refractivity contribution in [3.63, 3.8) is 0 Å². The van der Waals surface area contributed by atoms with Crippen LogP contribution in [0.25, 0.3) is 0 Å². The highest BCUT2D eigenvalue weighted by Gasteiger charge is 2.40. The molecule has 0 amide bonds. The molecule has 0 aromatic carbocycles. The second-order valence-electron chi connectivity index (χ2n) is 12.7. The Bertz CT molecular complexity index is 1080. The molecule has 1 aliphatic heterocycles. The summed E-state index contributed by atoms with van der Waals surface area (Å²) >= 11 is 13.5.